The van der Waals surface area contributed by atoms with Crippen molar-refractivity contribution in [1.82, 2.24) is 4.31 Å². The maximum Gasteiger partial charge on any atom is 0.243 e. The lowest BCUT2D eigenvalue weighted by Crippen LogP contribution is -2.41. The van der Waals surface area contributed by atoms with Gasteiger partial charge in [0.2, 0.25) is 15.9 Å². The van der Waals surface area contributed by atoms with E-state index in [-0.39, 0.29) is 36.6 Å². The molecule has 1 aliphatic rings. The van der Waals surface area contributed by atoms with Crippen LogP contribution in [0.1, 0.15) is 12.8 Å². The van der Waals surface area contributed by atoms with E-state index in [0.717, 1.165) is 6.07 Å². The molecule has 2 aromatic rings. The van der Waals surface area contributed by atoms with Crippen LogP contribution in [0.3, 0.4) is 0 Å². The van der Waals surface area contributed by atoms with Gasteiger partial charge in [0.25, 0.3) is 0 Å². The second-order valence-corrected chi connectivity index (χ2v) is 8.85. The summed E-state index contributed by atoms with van der Waals surface area (Å²) in [6, 6.07) is 5.90. The topological polar surface area (TPSA) is 84.9 Å². The Labute approximate surface area is 177 Å². The SMILES string of the molecule is COc1ccc(S(=O)(=O)N2CCC(C(=O)Nc3ccc(F)c(F)c3F)CC2)cc1OC. The Morgan fingerprint density at radius 2 is 1.65 bits per heavy atom. The summed E-state index contributed by atoms with van der Waals surface area (Å²) in [5, 5.41) is 2.24. The summed E-state index contributed by atoms with van der Waals surface area (Å²) in [6.45, 7) is 0.129. The first kappa shape index (κ1) is 22.9. The lowest BCUT2D eigenvalue weighted by Gasteiger charge is -2.30. The van der Waals surface area contributed by atoms with Crippen molar-refractivity contribution in [2.24, 2.45) is 5.92 Å². The van der Waals surface area contributed by atoms with Crippen molar-refractivity contribution >= 4 is 21.6 Å². The van der Waals surface area contributed by atoms with Gasteiger partial charge in [0.1, 0.15) is 0 Å². The number of methoxy groups -OCH3 is 2. The third-order valence-corrected chi connectivity index (χ3v) is 7.01. The van der Waals surface area contributed by atoms with Gasteiger partial charge in [-0.2, -0.15) is 4.31 Å². The number of sulfonamides is 1. The van der Waals surface area contributed by atoms with Crippen LogP contribution in [-0.2, 0) is 14.8 Å². The van der Waals surface area contributed by atoms with E-state index in [1.54, 1.807) is 0 Å². The fourth-order valence-corrected chi connectivity index (χ4v) is 4.83. The van der Waals surface area contributed by atoms with Crippen LogP contribution in [0.15, 0.2) is 35.2 Å². The largest absolute Gasteiger partial charge is 0.493 e. The number of carbonyl (C=O) groups excluding carboxylic acids is 1. The van der Waals surface area contributed by atoms with Crippen LogP contribution in [-0.4, -0.2) is 45.9 Å². The summed E-state index contributed by atoms with van der Waals surface area (Å²) in [5.74, 6) is -5.05. The van der Waals surface area contributed by atoms with Crippen molar-refractivity contribution in [2.75, 3.05) is 32.6 Å². The molecule has 2 aromatic carbocycles. The molecule has 7 nitrogen and oxygen atoms in total. The van der Waals surface area contributed by atoms with E-state index in [4.69, 9.17) is 9.47 Å². The zero-order valence-corrected chi connectivity index (χ0v) is 17.6. The minimum absolute atomic E-state index is 0.0249. The molecule has 1 aliphatic heterocycles. The predicted octanol–water partition coefficient (Wildman–Crippen LogP) is 3.16. The van der Waals surface area contributed by atoms with Crippen molar-refractivity contribution in [2.45, 2.75) is 17.7 Å². The number of halogens is 3. The first-order valence-electron chi connectivity index (χ1n) is 9.35. The van der Waals surface area contributed by atoms with Crippen LogP contribution >= 0.6 is 0 Å². The molecular weight excluding hydrogens is 437 g/mol. The average Bonchev–Trinajstić information content (AvgIpc) is 2.78. The smallest absolute Gasteiger partial charge is 0.243 e. The Hall–Kier alpha value is -2.79. The van der Waals surface area contributed by atoms with E-state index < -0.39 is 45.0 Å². The Balaban J connectivity index is 1.67. The number of benzene rings is 2. The minimum atomic E-state index is -3.83. The van der Waals surface area contributed by atoms with Gasteiger partial charge in [-0.3, -0.25) is 4.79 Å². The number of piperidine rings is 1. The molecule has 11 heteroatoms. The highest BCUT2D eigenvalue weighted by molar-refractivity contribution is 7.89. The van der Waals surface area contributed by atoms with E-state index in [2.05, 4.69) is 5.32 Å². The maximum atomic E-state index is 13.8. The van der Waals surface area contributed by atoms with Crippen molar-refractivity contribution in [3.8, 4) is 11.5 Å². The van der Waals surface area contributed by atoms with Gasteiger partial charge in [-0.05, 0) is 37.1 Å². The zero-order valence-electron chi connectivity index (χ0n) is 16.8. The Kier molecular flexibility index (Phi) is 6.75. The quantitative estimate of drug-likeness (QED) is 0.673. The molecule has 0 unspecified atom stereocenters. The third kappa shape index (κ3) is 4.62. The highest BCUT2D eigenvalue weighted by atomic mass is 32.2. The number of nitrogens with zero attached hydrogens (tertiary/aromatic N) is 1. The monoisotopic (exact) mass is 458 g/mol. The summed E-state index contributed by atoms with van der Waals surface area (Å²) in [6.07, 6.45) is 0.368. The number of ether oxygens (including phenoxy) is 2. The van der Waals surface area contributed by atoms with Crippen LogP contribution in [0.25, 0.3) is 0 Å². The molecule has 0 aromatic heterocycles. The molecule has 0 radical (unpaired) electrons. The van der Waals surface area contributed by atoms with Gasteiger partial charge < -0.3 is 14.8 Å². The van der Waals surface area contributed by atoms with Gasteiger partial charge in [0.05, 0.1) is 24.8 Å². The standard InChI is InChI=1S/C20H21F3N2O5S/c1-29-16-6-3-13(11-17(16)30-2)31(27,28)25-9-7-12(8-10-25)20(26)24-15-5-4-14(21)18(22)19(15)23/h3-6,11-12H,7-10H2,1-2H3,(H,24,26). The average molecular weight is 458 g/mol. The van der Waals surface area contributed by atoms with Crippen molar-refractivity contribution < 1.29 is 35.9 Å². The lowest BCUT2D eigenvalue weighted by molar-refractivity contribution is -0.120. The zero-order chi connectivity index (χ0) is 22.8. The first-order valence-corrected chi connectivity index (χ1v) is 10.8. The molecule has 1 N–H and O–H groups in total. The minimum Gasteiger partial charge on any atom is -0.493 e. The third-order valence-electron chi connectivity index (χ3n) is 5.11. The number of anilines is 1. The van der Waals surface area contributed by atoms with Gasteiger partial charge in [-0.1, -0.05) is 0 Å². The fourth-order valence-electron chi connectivity index (χ4n) is 3.34. The van der Waals surface area contributed by atoms with E-state index >= 15 is 0 Å². The van der Waals surface area contributed by atoms with Gasteiger partial charge in [-0.25, -0.2) is 21.6 Å². The number of carbonyl (C=O) groups is 1. The molecule has 1 heterocycles. The van der Waals surface area contributed by atoms with E-state index in [0.29, 0.717) is 11.8 Å². The highest BCUT2D eigenvalue weighted by Crippen LogP contribution is 2.32. The fraction of sp³-hybridized carbons (Fsp3) is 0.350. The molecule has 3 rings (SSSR count). The number of hydrogen-bond donors (Lipinski definition) is 1. The number of amides is 1. The summed E-state index contributed by atoms with van der Waals surface area (Å²) in [7, 11) is -0.994. The highest BCUT2D eigenvalue weighted by Gasteiger charge is 2.33. The van der Waals surface area contributed by atoms with Crippen LogP contribution < -0.4 is 14.8 Å². The van der Waals surface area contributed by atoms with Crippen LogP contribution in [0.5, 0.6) is 11.5 Å². The number of hydrogen-bond acceptors (Lipinski definition) is 5. The molecule has 0 atom stereocenters. The number of rotatable bonds is 6. The molecule has 0 bridgehead atoms. The van der Waals surface area contributed by atoms with Crippen molar-refractivity contribution in [3.05, 3.63) is 47.8 Å². The van der Waals surface area contributed by atoms with E-state index in [9.17, 15) is 26.4 Å². The molecule has 168 valence electrons. The molecule has 1 fully saturated rings. The van der Waals surface area contributed by atoms with Gasteiger partial charge in [0.15, 0.2) is 29.0 Å². The Morgan fingerprint density at radius 1 is 1.00 bits per heavy atom. The molecule has 1 saturated heterocycles. The Bertz CT molecular complexity index is 1090. The molecule has 0 saturated carbocycles. The van der Waals surface area contributed by atoms with Crippen LogP contribution in [0, 0.1) is 23.4 Å². The number of nitrogens with one attached hydrogen (secondary N) is 1. The summed E-state index contributed by atoms with van der Waals surface area (Å²) in [5.41, 5.74) is -0.468. The van der Waals surface area contributed by atoms with Crippen molar-refractivity contribution in [3.63, 3.8) is 0 Å². The molecule has 0 spiro atoms. The lowest BCUT2D eigenvalue weighted by atomic mass is 9.97. The molecule has 31 heavy (non-hydrogen) atoms. The van der Waals surface area contributed by atoms with E-state index in [1.165, 1.54) is 36.7 Å². The summed E-state index contributed by atoms with van der Waals surface area (Å²) in [4.78, 5) is 12.4. The molecular formula is C20H21F3N2O5S. The predicted molar refractivity (Wildman–Crippen MR) is 106 cm³/mol. The molecule has 1 amide bonds. The molecule has 0 aliphatic carbocycles. The van der Waals surface area contributed by atoms with Gasteiger partial charge in [-0.15, -0.1) is 0 Å². The van der Waals surface area contributed by atoms with Crippen LogP contribution in [0.4, 0.5) is 18.9 Å². The maximum absolute atomic E-state index is 13.8. The van der Waals surface area contributed by atoms with Crippen LogP contribution in [0.2, 0.25) is 0 Å². The summed E-state index contributed by atoms with van der Waals surface area (Å²) < 4.78 is 77.5. The van der Waals surface area contributed by atoms with Gasteiger partial charge in [0, 0.05) is 25.1 Å². The van der Waals surface area contributed by atoms with E-state index in [1.807, 2.05) is 0 Å². The summed E-state index contributed by atoms with van der Waals surface area (Å²) >= 11 is 0. The Morgan fingerprint density at radius 3 is 2.26 bits per heavy atom. The second kappa shape index (κ2) is 9.15. The normalized spacial score (nSPS) is 15.5. The second-order valence-electron chi connectivity index (χ2n) is 6.91. The first-order chi connectivity index (χ1) is 14.7. The van der Waals surface area contributed by atoms with Crippen molar-refractivity contribution in [1.29, 1.82) is 0 Å². The van der Waals surface area contributed by atoms with Gasteiger partial charge >= 0.3 is 0 Å².